The number of nitrogens with zero attached hydrogens (tertiary/aromatic N) is 2. The standard InChI is InChI=1S/C14H16BrN3/c1-8-6-5-7-9(2)11(8)13-17-10(3)12(15)14(16-4)18-13/h5-7H,1-4H3,(H,16,17,18). The molecule has 1 heterocycles. The molecule has 0 fully saturated rings. The zero-order chi connectivity index (χ0) is 13.3. The van der Waals surface area contributed by atoms with Crippen LogP contribution >= 0.6 is 15.9 Å². The summed E-state index contributed by atoms with van der Waals surface area (Å²) in [6.45, 7) is 6.15. The second-order valence-corrected chi connectivity index (χ2v) is 5.11. The van der Waals surface area contributed by atoms with E-state index in [4.69, 9.17) is 0 Å². The number of rotatable bonds is 2. The Morgan fingerprint density at radius 2 is 1.67 bits per heavy atom. The molecule has 2 aromatic rings. The molecule has 3 nitrogen and oxygen atoms in total. The number of anilines is 1. The van der Waals surface area contributed by atoms with E-state index >= 15 is 0 Å². The molecule has 4 heteroatoms. The summed E-state index contributed by atoms with van der Waals surface area (Å²) >= 11 is 3.50. The maximum absolute atomic E-state index is 4.58. The first-order valence-electron chi connectivity index (χ1n) is 5.83. The van der Waals surface area contributed by atoms with Crippen molar-refractivity contribution in [2.45, 2.75) is 20.8 Å². The molecule has 0 aliphatic carbocycles. The highest BCUT2D eigenvalue weighted by molar-refractivity contribution is 9.10. The molecule has 0 saturated heterocycles. The van der Waals surface area contributed by atoms with Crippen molar-refractivity contribution in [2.24, 2.45) is 0 Å². The van der Waals surface area contributed by atoms with E-state index in [1.54, 1.807) is 0 Å². The first-order chi connectivity index (χ1) is 8.54. The lowest BCUT2D eigenvalue weighted by Gasteiger charge is -2.12. The summed E-state index contributed by atoms with van der Waals surface area (Å²) in [6.07, 6.45) is 0. The maximum atomic E-state index is 4.58. The van der Waals surface area contributed by atoms with Crippen LogP contribution in [0.1, 0.15) is 16.8 Å². The average molecular weight is 306 g/mol. The van der Waals surface area contributed by atoms with Gasteiger partial charge >= 0.3 is 0 Å². The molecular formula is C14H16BrN3. The first kappa shape index (κ1) is 13.0. The van der Waals surface area contributed by atoms with E-state index in [2.05, 4.69) is 63.3 Å². The molecule has 0 bridgehead atoms. The highest BCUT2D eigenvalue weighted by Gasteiger charge is 2.13. The molecule has 0 saturated carbocycles. The molecule has 0 aliphatic rings. The Morgan fingerprint density at radius 1 is 1.06 bits per heavy atom. The van der Waals surface area contributed by atoms with Gasteiger partial charge in [-0.25, -0.2) is 9.97 Å². The van der Waals surface area contributed by atoms with Crippen molar-refractivity contribution < 1.29 is 0 Å². The van der Waals surface area contributed by atoms with Crippen LogP contribution in [-0.4, -0.2) is 17.0 Å². The lowest BCUT2D eigenvalue weighted by molar-refractivity contribution is 1.08. The fraction of sp³-hybridized carbons (Fsp3) is 0.286. The van der Waals surface area contributed by atoms with Crippen LogP contribution in [0.15, 0.2) is 22.7 Å². The number of nitrogens with one attached hydrogen (secondary N) is 1. The van der Waals surface area contributed by atoms with Crippen LogP contribution in [0.25, 0.3) is 11.4 Å². The second kappa shape index (κ2) is 5.06. The quantitative estimate of drug-likeness (QED) is 0.915. The predicted octanol–water partition coefficient (Wildman–Crippen LogP) is 3.87. The summed E-state index contributed by atoms with van der Waals surface area (Å²) in [5.41, 5.74) is 4.44. The Hall–Kier alpha value is -1.42. The minimum atomic E-state index is 0.774. The molecule has 2 rings (SSSR count). The van der Waals surface area contributed by atoms with Gasteiger partial charge in [-0.15, -0.1) is 0 Å². The van der Waals surface area contributed by atoms with Gasteiger partial charge < -0.3 is 5.32 Å². The van der Waals surface area contributed by atoms with Crippen LogP contribution in [0, 0.1) is 20.8 Å². The zero-order valence-electron chi connectivity index (χ0n) is 11.0. The summed E-state index contributed by atoms with van der Waals surface area (Å²) in [7, 11) is 1.86. The Balaban J connectivity index is 2.68. The normalized spacial score (nSPS) is 10.5. The smallest absolute Gasteiger partial charge is 0.162 e. The van der Waals surface area contributed by atoms with E-state index < -0.39 is 0 Å². The van der Waals surface area contributed by atoms with Crippen LogP contribution in [0.2, 0.25) is 0 Å². The van der Waals surface area contributed by atoms with Gasteiger partial charge in [-0.05, 0) is 47.8 Å². The molecule has 0 radical (unpaired) electrons. The summed E-state index contributed by atoms with van der Waals surface area (Å²) < 4.78 is 0.917. The molecule has 1 aromatic heterocycles. The van der Waals surface area contributed by atoms with Crippen molar-refractivity contribution in [3.63, 3.8) is 0 Å². The molecule has 0 unspecified atom stereocenters. The third-order valence-electron chi connectivity index (χ3n) is 2.96. The molecule has 1 N–H and O–H groups in total. The summed E-state index contributed by atoms with van der Waals surface area (Å²) in [4.78, 5) is 9.15. The van der Waals surface area contributed by atoms with Gasteiger partial charge in [-0.3, -0.25) is 0 Å². The van der Waals surface area contributed by atoms with E-state index in [1.807, 2.05) is 14.0 Å². The van der Waals surface area contributed by atoms with Crippen molar-refractivity contribution in [1.82, 2.24) is 9.97 Å². The van der Waals surface area contributed by atoms with E-state index in [9.17, 15) is 0 Å². The van der Waals surface area contributed by atoms with Gasteiger partial charge in [0.25, 0.3) is 0 Å². The van der Waals surface area contributed by atoms with Gasteiger partial charge in [-0.1, -0.05) is 18.2 Å². The fourth-order valence-corrected chi connectivity index (χ4v) is 2.38. The zero-order valence-corrected chi connectivity index (χ0v) is 12.6. The number of benzene rings is 1. The highest BCUT2D eigenvalue weighted by Crippen LogP contribution is 2.29. The monoisotopic (exact) mass is 305 g/mol. The number of hydrogen-bond acceptors (Lipinski definition) is 3. The van der Waals surface area contributed by atoms with Crippen molar-refractivity contribution in [2.75, 3.05) is 12.4 Å². The number of aromatic nitrogens is 2. The Morgan fingerprint density at radius 3 is 2.22 bits per heavy atom. The van der Waals surface area contributed by atoms with Crippen LogP contribution in [0.3, 0.4) is 0 Å². The largest absolute Gasteiger partial charge is 0.372 e. The van der Waals surface area contributed by atoms with Crippen molar-refractivity contribution >= 4 is 21.7 Å². The Bertz CT molecular complexity index is 574. The lowest BCUT2D eigenvalue weighted by atomic mass is 10.0. The molecular weight excluding hydrogens is 290 g/mol. The van der Waals surface area contributed by atoms with Gasteiger partial charge in [0.05, 0.1) is 10.2 Å². The fourth-order valence-electron chi connectivity index (χ4n) is 2.00. The molecule has 0 atom stereocenters. The SMILES string of the molecule is CNc1nc(-c2c(C)cccc2C)nc(C)c1Br. The van der Waals surface area contributed by atoms with E-state index in [0.717, 1.165) is 27.4 Å². The molecule has 0 amide bonds. The third-order valence-corrected chi connectivity index (χ3v) is 3.91. The van der Waals surface area contributed by atoms with Crippen molar-refractivity contribution in [3.05, 3.63) is 39.5 Å². The van der Waals surface area contributed by atoms with Gasteiger partial charge in [0.15, 0.2) is 5.82 Å². The minimum absolute atomic E-state index is 0.774. The number of hydrogen-bond donors (Lipinski definition) is 1. The van der Waals surface area contributed by atoms with E-state index in [1.165, 1.54) is 11.1 Å². The molecule has 94 valence electrons. The number of aryl methyl sites for hydroxylation is 3. The van der Waals surface area contributed by atoms with Crippen LogP contribution in [0.5, 0.6) is 0 Å². The summed E-state index contributed by atoms with van der Waals surface area (Å²) in [5, 5.41) is 3.09. The number of halogens is 1. The third kappa shape index (κ3) is 2.25. The Kier molecular flexibility index (Phi) is 3.66. The van der Waals surface area contributed by atoms with Gasteiger partial charge in [-0.2, -0.15) is 0 Å². The highest BCUT2D eigenvalue weighted by atomic mass is 79.9. The lowest BCUT2D eigenvalue weighted by Crippen LogP contribution is -2.02. The summed E-state index contributed by atoms with van der Waals surface area (Å²) in [5.74, 6) is 1.59. The van der Waals surface area contributed by atoms with Gasteiger partial charge in [0.1, 0.15) is 5.82 Å². The van der Waals surface area contributed by atoms with Crippen LogP contribution in [-0.2, 0) is 0 Å². The molecule has 1 aromatic carbocycles. The summed E-state index contributed by atoms with van der Waals surface area (Å²) in [6, 6.07) is 6.23. The van der Waals surface area contributed by atoms with E-state index in [0.29, 0.717) is 0 Å². The first-order valence-corrected chi connectivity index (χ1v) is 6.62. The minimum Gasteiger partial charge on any atom is -0.372 e. The second-order valence-electron chi connectivity index (χ2n) is 4.31. The topological polar surface area (TPSA) is 37.8 Å². The van der Waals surface area contributed by atoms with Crippen LogP contribution < -0.4 is 5.32 Å². The van der Waals surface area contributed by atoms with Crippen molar-refractivity contribution in [1.29, 1.82) is 0 Å². The van der Waals surface area contributed by atoms with E-state index in [-0.39, 0.29) is 0 Å². The van der Waals surface area contributed by atoms with Gasteiger partial charge in [0, 0.05) is 12.6 Å². The molecule has 18 heavy (non-hydrogen) atoms. The van der Waals surface area contributed by atoms with Crippen molar-refractivity contribution in [3.8, 4) is 11.4 Å². The molecule has 0 aliphatic heterocycles. The maximum Gasteiger partial charge on any atom is 0.162 e. The predicted molar refractivity (Wildman–Crippen MR) is 78.9 cm³/mol. The molecule has 0 spiro atoms. The van der Waals surface area contributed by atoms with Crippen LogP contribution in [0.4, 0.5) is 5.82 Å². The van der Waals surface area contributed by atoms with Gasteiger partial charge in [0.2, 0.25) is 0 Å². The Labute approximate surface area is 116 Å². The average Bonchev–Trinajstić information content (AvgIpc) is 2.33.